The molecule has 8 nitrogen and oxygen atoms in total. The van der Waals surface area contributed by atoms with Gasteiger partial charge in [-0.25, -0.2) is 9.37 Å². The first kappa shape index (κ1) is 26.5. The normalized spacial score (nSPS) is 22.8. The highest BCUT2D eigenvalue weighted by Crippen LogP contribution is 2.48. The summed E-state index contributed by atoms with van der Waals surface area (Å²) in [6.07, 6.45) is 3.45. The summed E-state index contributed by atoms with van der Waals surface area (Å²) in [6.45, 7) is 15.2. The number of halogens is 2. The summed E-state index contributed by atoms with van der Waals surface area (Å²) < 4.78 is 33.0. The highest BCUT2D eigenvalue weighted by Gasteiger charge is 2.47. The molecule has 0 amide bonds. The number of ether oxygens (including phenoxy) is 2. The van der Waals surface area contributed by atoms with Gasteiger partial charge in [-0.05, 0) is 37.9 Å². The molecular formula is C24H36ClFN4O4Si. The summed E-state index contributed by atoms with van der Waals surface area (Å²) in [4.78, 5) is 14.8. The van der Waals surface area contributed by atoms with Crippen molar-refractivity contribution in [2.75, 3.05) is 44.4 Å². The van der Waals surface area contributed by atoms with Crippen LogP contribution in [0.2, 0.25) is 23.3 Å². The highest BCUT2D eigenvalue weighted by atomic mass is 35.5. The van der Waals surface area contributed by atoms with Crippen molar-refractivity contribution in [3.8, 4) is 6.01 Å². The third-order valence-electron chi connectivity index (χ3n) is 7.36. The van der Waals surface area contributed by atoms with E-state index in [0.29, 0.717) is 37.6 Å². The van der Waals surface area contributed by atoms with Crippen LogP contribution in [-0.2, 0) is 9.16 Å². The molecule has 2 aromatic heterocycles. The Labute approximate surface area is 212 Å². The maximum absolute atomic E-state index is 15.0. The van der Waals surface area contributed by atoms with Gasteiger partial charge in [-0.1, -0.05) is 32.4 Å². The molecular weight excluding hydrogens is 491 g/mol. The van der Waals surface area contributed by atoms with Gasteiger partial charge in [-0.15, -0.1) is 0 Å². The van der Waals surface area contributed by atoms with Crippen LogP contribution in [0.25, 0.3) is 10.9 Å². The minimum Gasteiger partial charge on any atom is -0.463 e. The number of pyridine rings is 1. The fourth-order valence-electron chi connectivity index (χ4n) is 3.76. The molecule has 194 valence electrons. The third kappa shape index (κ3) is 5.88. The van der Waals surface area contributed by atoms with E-state index in [1.54, 1.807) is 6.92 Å². The van der Waals surface area contributed by atoms with Crippen LogP contribution >= 0.6 is 11.6 Å². The van der Waals surface area contributed by atoms with Crippen LogP contribution < -0.4 is 9.64 Å². The van der Waals surface area contributed by atoms with Crippen molar-refractivity contribution in [3.05, 3.63) is 17.2 Å². The third-order valence-corrected chi connectivity index (χ3v) is 12.1. The van der Waals surface area contributed by atoms with Gasteiger partial charge in [-0.3, -0.25) is 0 Å². The molecule has 0 radical (unpaired) electrons. The predicted octanol–water partition coefficient (Wildman–Crippen LogP) is 4.59. The van der Waals surface area contributed by atoms with Crippen molar-refractivity contribution >= 4 is 36.6 Å². The molecule has 11 heteroatoms. The van der Waals surface area contributed by atoms with Crippen LogP contribution in [0, 0.1) is 11.2 Å². The van der Waals surface area contributed by atoms with Crippen LogP contribution in [0.5, 0.6) is 6.01 Å². The van der Waals surface area contributed by atoms with Crippen molar-refractivity contribution in [1.29, 1.82) is 0 Å². The largest absolute Gasteiger partial charge is 0.463 e. The monoisotopic (exact) mass is 526 g/mol. The Morgan fingerprint density at radius 2 is 1.97 bits per heavy atom. The van der Waals surface area contributed by atoms with E-state index in [2.05, 4.69) is 48.8 Å². The first-order valence-electron chi connectivity index (χ1n) is 12.1. The standard InChI is InChI=1S/C24H36ClFN4O4Si/c1-22(2,3)35(5,6)34-15-24(7-8-24)14-33-21-28-18-16(11-27-19(25)17(18)26)20(29-21)30-9-10-32-13-23(4,31)12-30/h11,31H,7-10,12-15H2,1-6H3/t23-/m0/s1. The van der Waals surface area contributed by atoms with Gasteiger partial charge in [0.25, 0.3) is 0 Å². The summed E-state index contributed by atoms with van der Waals surface area (Å²) in [7, 11) is -1.88. The van der Waals surface area contributed by atoms with E-state index in [0.717, 1.165) is 12.8 Å². The summed E-state index contributed by atoms with van der Waals surface area (Å²) in [6, 6.07) is 0.0667. The second-order valence-corrected chi connectivity index (χ2v) is 16.9. The average Bonchev–Trinajstić information content (AvgIpc) is 3.57. The second kappa shape index (κ2) is 9.37. The Morgan fingerprint density at radius 3 is 2.63 bits per heavy atom. The maximum Gasteiger partial charge on any atom is 0.319 e. The molecule has 1 aliphatic carbocycles. The predicted molar refractivity (Wildman–Crippen MR) is 136 cm³/mol. The number of hydrogen-bond donors (Lipinski definition) is 1. The first-order valence-corrected chi connectivity index (χ1v) is 15.3. The van der Waals surface area contributed by atoms with Crippen LogP contribution in [0.3, 0.4) is 0 Å². The van der Waals surface area contributed by atoms with Gasteiger partial charge in [0.05, 0.1) is 31.8 Å². The van der Waals surface area contributed by atoms with E-state index < -0.39 is 19.7 Å². The summed E-state index contributed by atoms with van der Waals surface area (Å²) in [5, 5.41) is 10.9. The lowest BCUT2D eigenvalue weighted by atomic mass is 10.1. The summed E-state index contributed by atoms with van der Waals surface area (Å²) >= 11 is 5.96. The van der Waals surface area contributed by atoms with Crippen molar-refractivity contribution in [2.45, 2.75) is 64.3 Å². The fourth-order valence-corrected chi connectivity index (χ4v) is 5.00. The van der Waals surface area contributed by atoms with Gasteiger partial charge in [0.1, 0.15) is 16.9 Å². The quantitative estimate of drug-likeness (QED) is 0.414. The SMILES string of the molecule is CC(C)(C)[Si](C)(C)OCC1(COc2nc(N3CCOC[C@@](C)(O)C3)c3cnc(Cl)c(F)c3n2)CC1. The van der Waals surface area contributed by atoms with Crippen molar-refractivity contribution in [3.63, 3.8) is 0 Å². The van der Waals surface area contributed by atoms with Crippen molar-refractivity contribution in [1.82, 2.24) is 15.0 Å². The molecule has 2 aliphatic rings. The first-order chi connectivity index (χ1) is 16.2. The number of fused-ring (bicyclic) bond motifs is 1. The molecule has 1 saturated carbocycles. The van der Waals surface area contributed by atoms with E-state index in [9.17, 15) is 9.50 Å². The molecule has 1 atom stereocenters. The number of aromatic nitrogens is 3. The zero-order valence-electron chi connectivity index (χ0n) is 21.5. The van der Waals surface area contributed by atoms with Crippen molar-refractivity contribution in [2.24, 2.45) is 5.41 Å². The van der Waals surface area contributed by atoms with Gasteiger partial charge < -0.3 is 23.9 Å². The molecule has 0 bridgehead atoms. The second-order valence-electron chi connectivity index (χ2n) is 11.8. The van der Waals surface area contributed by atoms with Crippen LogP contribution in [-0.4, -0.2) is 73.5 Å². The minimum absolute atomic E-state index is 0.0391. The van der Waals surface area contributed by atoms with Crippen molar-refractivity contribution < 1.29 is 23.4 Å². The number of aliphatic hydroxyl groups is 1. The van der Waals surface area contributed by atoms with Crippen LogP contribution in [0.4, 0.5) is 10.2 Å². The molecule has 3 heterocycles. The van der Waals surface area contributed by atoms with Gasteiger partial charge >= 0.3 is 6.01 Å². The van der Waals surface area contributed by atoms with E-state index in [4.69, 9.17) is 25.5 Å². The molecule has 35 heavy (non-hydrogen) atoms. The van der Waals surface area contributed by atoms with E-state index in [1.807, 2.05) is 4.90 Å². The number of hydrogen-bond acceptors (Lipinski definition) is 8. The molecule has 0 spiro atoms. The van der Waals surface area contributed by atoms with E-state index >= 15 is 0 Å². The fraction of sp³-hybridized carbons (Fsp3) is 0.708. The molecule has 1 saturated heterocycles. The number of nitrogens with zero attached hydrogens (tertiary/aromatic N) is 4. The Balaban J connectivity index is 1.59. The van der Waals surface area contributed by atoms with Gasteiger partial charge in [-0.2, -0.15) is 9.97 Å². The Hall–Kier alpha value is -1.59. The van der Waals surface area contributed by atoms with Gasteiger partial charge in [0, 0.05) is 24.8 Å². The Morgan fingerprint density at radius 1 is 1.26 bits per heavy atom. The van der Waals surface area contributed by atoms with E-state index in [1.165, 1.54) is 6.20 Å². The molecule has 4 rings (SSSR count). The molecule has 0 aromatic carbocycles. The Kier molecular flexibility index (Phi) is 7.09. The van der Waals surface area contributed by atoms with Gasteiger partial charge in [0.2, 0.25) is 0 Å². The molecule has 2 aromatic rings. The number of β-amino-alcohol motifs (C(OH)–C–C–N with tert-alkyl or cyclic N) is 1. The molecule has 1 N–H and O–H groups in total. The van der Waals surface area contributed by atoms with Crippen LogP contribution in [0.1, 0.15) is 40.5 Å². The number of rotatable bonds is 7. The van der Waals surface area contributed by atoms with Crippen LogP contribution in [0.15, 0.2) is 6.20 Å². The lowest BCUT2D eigenvalue weighted by molar-refractivity contribution is -0.0123. The number of anilines is 1. The lowest BCUT2D eigenvalue weighted by Crippen LogP contribution is -2.42. The molecule has 1 aliphatic heterocycles. The zero-order valence-corrected chi connectivity index (χ0v) is 23.2. The minimum atomic E-state index is -1.88. The lowest BCUT2D eigenvalue weighted by Gasteiger charge is -2.37. The Bertz CT molecular complexity index is 1090. The zero-order chi connectivity index (χ0) is 25.6. The molecule has 2 fully saturated rings. The molecule has 0 unspecified atom stereocenters. The maximum atomic E-state index is 15.0. The topological polar surface area (TPSA) is 89.8 Å². The smallest absolute Gasteiger partial charge is 0.319 e. The highest BCUT2D eigenvalue weighted by molar-refractivity contribution is 6.74. The van der Waals surface area contributed by atoms with E-state index in [-0.39, 0.29) is 40.3 Å². The van der Waals surface area contributed by atoms with Gasteiger partial charge in [0.15, 0.2) is 19.3 Å². The summed E-state index contributed by atoms with van der Waals surface area (Å²) in [5.74, 6) is -0.292. The average molecular weight is 527 g/mol. The summed E-state index contributed by atoms with van der Waals surface area (Å²) in [5.41, 5.74) is -1.13.